The smallest absolute Gasteiger partial charge is 0.394 e. The molecule has 72 valence electrons. The van der Waals surface area contributed by atoms with E-state index in [0.717, 1.165) is 0 Å². The Labute approximate surface area is 75.9 Å². The van der Waals surface area contributed by atoms with Gasteiger partial charge in [-0.05, 0) is 13.8 Å². The van der Waals surface area contributed by atoms with E-state index >= 15 is 0 Å². The topological polar surface area (TPSA) is 78.3 Å². The number of nitrogens with two attached hydrogens (primary N) is 1. The molecule has 0 bridgehead atoms. The van der Waals surface area contributed by atoms with E-state index in [2.05, 4.69) is 9.72 Å². The van der Waals surface area contributed by atoms with Crippen molar-refractivity contribution < 1.29 is 13.9 Å². The lowest BCUT2D eigenvalue weighted by Gasteiger charge is -2.13. The van der Waals surface area contributed by atoms with Gasteiger partial charge in [-0.3, -0.25) is 0 Å². The van der Waals surface area contributed by atoms with Crippen molar-refractivity contribution in [3.05, 3.63) is 17.8 Å². The molecule has 2 N–H and O–H groups in total. The van der Waals surface area contributed by atoms with E-state index in [-0.39, 0.29) is 5.89 Å². The van der Waals surface area contributed by atoms with Crippen molar-refractivity contribution in [3.63, 3.8) is 0 Å². The Balaban J connectivity index is 2.93. The molecule has 0 saturated heterocycles. The zero-order valence-corrected chi connectivity index (χ0v) is 7.83. The number of rotatable bonds is 2. The fourth-order valence-corrected chi connectivity index (χ4v) is 0.751. The van der Waals surface area contributed by atoms with E-state index < -0.39 is 11.5 Å². The lowest BCUT2D eigenvalue weighted by molar-refractivity contribution is 0.0556. The van der Waals surface area contributed by atoms with E-state index in [9.17, 15) is 4.79 Å². The minimum atomic E-state index is -0.615. The van der Waals surface area contributed by atoms with Crippen LogP contribution in [0.2, 0.25) is 0 Å². The summed E-state index contributed by atoms with van der Waals surface area (Å²) in [5.41, 5.74) is 5.64. The molecule has 0 aliphatic carbocycles. The number of oxazole rings is 1. The third kappa shape index (κ3) is 2.06. The lowest BCUT2D eigenvalue weighted by Crippen LogP contribution is -2.29. The molecule has 0 fully saturated rings. The molecule has 0 aliphatic rings. The van der Waals surface area contributed by atoms with Crippen LogP contribution >= 0.6 is 0 Å². The first-order valence-corrected chi connectivity index (χ1v) is 3.78. The van der Waals surface area contributed by atoms with Crippen molar-refractivity contribution in [3.8, 4) is 0 Å². The number of carbonyl (C=O) groups excluding carboxylic acids is 1. The quantitative estimate of drug-likeness (QED) is 0.683. The van der Waals surface area contributed by atoms with Gasteiger partial charge in [0.15, 0.2) is 0 Å². The summed E-state index contributed by atoms with van der Waals surface area (Å²) in [5, 5.41) is 0. The Bertz CT molecular complexity index is 311. The van der Waals surface area contributed by atoms with Gasteiger partial charge in [0.2, 0.25) is 0 Å². The Kier molecular flexibility index (Phi) is 2.38. The first-order chi connectivity index (χ1) is 5.95. The monoisotopic (exact) mass is 184 g/mol. The predicted octanol–water partition coefficient (Wildman–Crippen LogP) is 0.655. The lowest BCUT2D eigenvalue weighted by atomic mass is 10.0. The standard InChI is InChI=1S/C8H12N2O3/c1-8(2,9)5-4-13-6(10-5)7(11)12-3/h4H,9H2,1-3H3. The summed E-state index contributed by atoms with van der Waals surface area (Å²) in [4.78, 5) is 14.8. The molecule has 1 heterocycles. The molecule has 1 rings (SSSR count). The summed E-state index contributed by atoms with van der Waals surface area (Å²) in [6.07, 6.45) is 1.35. The van der Waals surface area contributed by atoms with Crippen LogP contribution in [0.15, 0.2) is 10.7 Å². The van der Waals surface area contributed by atoms with Crippen LogP contribution in [0.4, 0.5) is 0 Å². The maximum atomic E-state index is 10.9. The van der Waals surface area contributed by atoms with Gasteiger partial charge in [0.25, 0.3) is 0 Å². The second-order valence-corrected chi connectivity index (χ2v) is 3.25. The molecule has 0 aromatic carbocycles. The van der Waals surface area contributed by atoms with Gasteiger partial charge in [-0.1, -0.05) is 0 Å². The Hall–Kier alpha value is -1.36. The fraction of sp³-hybridized carbons (Fsp3) is 0.500. The number of nitrogens with zero attached hydrogens (tertiary/aromatic N) is 1. The Morgan fingerprint density at radius 1 is 1.69 bits per heavy atom. The molecule has 0 amide bonds. The first-order valence-electron chi connectivity index (χ1n) is 3.78. The molecule has 0 aliphatic heterocycles. The van der Waals surface area contributed by atoms with E-state index in [4.69, 9.17) is 10.2 Å². The molecule has 0 spiro atoms. The van der Waals surface area contributed by atoms with Gasteiger partial charge in [-0.15, -0.1) is 0 Å². The molecular formula is C8H12N2O3. The Morgan fingerprint density at radius 3 is 2.69 bits per heavy atom. The summed E-state index contributed by atoms with van der Waals surface area (Å²) >= 11 is 0. The highest BCUT2D eigenvalue weighted by Gasteiger charge is 2.22. The molecular weight excluding hydrogens is 172 g/mol. The van der Waals surface area contributed by atoms with Gasteiger partial charge in [0.05, 0.1) is 18.3 Å². The summed E-state index contributed by atoms with van der Waals surface area (Å²) in [6.45, 7) is 3.54. The van der Waals surface area contributed by atoms with Crippen LogP contribution in [-0.4, -0.2) is 18.1 Å². The summed E-state index contributed by atoms with van der Waals surface area (Å²) in [7, 11) is 1.26. The van der Waals surface area contributed by atoms with Crippen molar-refractivity contribution in [2.45, 2.75) is 19.4 Å². The van der Waals surface area contributed by atoms with Crippen LogP contribution in [0.5, 0.6) is 0 Å². The van der Waals surface area contributed by atoms with E-state index in [1.165, 1.54) is 13.4 Å². The maximum absolute atomic E-state index is 10.9. The van der Waals surface area contributed by atoms with Crippen LogP contribution in [0, 0.1) is 0 Å². The second kappa shape index (κ2) is 3.18. The van der Waals surface area contributed by atoms with E-state index in [0.29, 0.717) is 5.69 Å². The van der Waals surface area contributed by atoms with Gasteiger partial charge in [-0.2, -0.15) is 0 Å². The van der Waals surface area contributed by atoms with Gasteiger partial charge in [0.1, 0.15) is 6.26 Å². The van der Waals surface area contributed by atoms with Crippen molar-refractivity contribution in [2.75, 3.05) is 7.11 Å². The van der Waals surface area contributed by atoms with E-state index in [1.54, 1.807) is 13.8 Å². The third-order valence-electron chi connectivity index (χ3n) is 1.52. The SMILES string of the molecule is COC(=O)c1nc(C(C)(C)N)co1. The zero-order chi connectivity index (χ0) is 10.1. The summed E-state index contributed by atoms with van der Waals surface area (Å²) in [6, 6.07) is 0. The highest BCUT2D eigenvalue weighted by atomic mass is 16.5. The van der Waals surface area contributed by atoms with Crippen LogP contribution in [0.25, 0.3) is 0 Å². The fourth-order valence-electron chi connectivity index (χ4n) is 0.751. The molecule has 0 saturated carbocycles. The van der Waals surface area contributed by atoms with Gasteiger partial charge in [0, 0.05) is 0 Å². The van der Waals surface area contributed by atoms with Gasteiger partial charge < -0.3 is 14.9 Å². The molecule has 5 nitrogen and oxygen atoms in total. The number of hydrogen-bond acceptors (Lipinski definition) is 5. The molecule has 5 heteroatoms. The average Bonchev–Trinajstić information content (AvgIpc) is 2.50. The minimum Gasteiger partial charge on any atom is -0.462 e. The van der Waals surface area contributed by atoms with Crippen molar-refractivity contribution >= 4 is 5.97 Å². The normalized spacial score (nSPS) is 11.4. The summed E-state index contributed by atoms with van der Waals surface area (Å²) in [5.74, 6) is -0.675. The first kappa shape index (κ1) is 9.73. The van der Waals surface area contributed by atoms with Gasteiger partial charge >= 0.3 is 11.9 Å². The van der Waals surface area contributed by atoms with Crippen LogP contribution in [0.3, 0.4) is 0 Å². The number of ether oxygens (including phenoxy) is 1. The van der Waals surface area contributed by atoms with Crippen molar-refractivity contribution in [2.24, 2.45) is 5.73 Å². The Morgan fingerprint density at radius 2 is 2.31 bits per heavy atom. The largest absolute Gasteiger partial charge is 0.462 e. The van der Waals surface area contributed by atoms with Crippen molar-refractivity contribution in [1.29, 1.82) is 0 Å². The molecule has 13 heavy (non-hydrogen) atoms. The maximum Gasteiger partial charge on any atom is 0.394 e. The number of esters is 1. The molecule has 0 radical (unpaired) electrons. The second-order valence-electron chi connectivity index (χ2n) is 3.25. The molecule has 1 aromatic heterocycles. The molecule has 1 aromatic rings. The summed E-state index contributed by atoms with van der Waals surface area (Å²) < 4.78 is 9.30. The molecule has 0 atom stereocenters. The van der Waals surface area contributed by atoms with Gasteiger partial charge in [-0.25, -0.2) is 9.78 Å². The van der Waals surface area contributed by atoms with Crippen LogP contribution in [0.1, 0.15) is 30.2 Å². The van der Waals surface area contributed by atoms with E-state index in [1.807, 2.05) is 0 Å². The number of aromatic nitrogens is 1. The third-order valence-corrected chi connectivity index (χ3v) is 1.52. The minimum absolute atomic E-state index is 0.0731. The highest BCUT2D eigenvalue weighted by Crippen LogP contribution is 2.15. The van der Waals surface area contributed by atoms with Crippen LogP contribution in [-0.2, 0) is 10.3 Å². The number of carbonyl (C=O) groups is 1. The predicted molar refractivity (Wildman–Crippen MR) is 45.1 cm³/mol. The molecule has 0 unspecified atom stereocenters. The zero-order valence-electron chi connectivity index (χ0n) is 7.83. The average molecular weight is 184 g/mol. The van der Waals surface area contributed by atoms with Crippen molar-refractivity contribution in [1.82, 2.24) is 4.98 Å². The number of hydrogen-bond donors (Lipinski definition) is 1. The highest BCUT2D eigenvalue weighted by molar-refractivity contribution is 5.84. The number of methoxy groups -OCH3 is 1. The van der Waals surface area contributed by atoms with Crippen LogP contribution < -0.4 is 5.73 Å².